The molecule has 3 nitrogen and oxygen atoms in total. The van der Waals surface area contributed by atoms with E-state index < -0.39 is 10.8 Å². The molecular formula is C20H20N2OS. The first-order valence-electron chi connectivity index (χ1n) is 7.80. The molecule has 3 aromatic rings. The standard InChI is InChI=1S/C20H20N2OS/c1-13-9-18(16-7-8-19(24(4)23)14(2)10-16)20(22-11-13)17-6-5-15(3)21-12-17/h5-12H,1-4H3. The molecule has 0 N–H and O–H groups in total. The van der Waals surface area contributed by atoms with Gasteiger partial charge in [0.25, 0.3) is 0 Å². The molecule has 0 saturated carbocycles. The van der Waals surface area contributed by atoms with Gasteiger partial charge in [-0.05, 0) is 61.7 Å². The Bertz CT molecular complexity index is 917. The minimum Gasteiger partial charge on any atom is -0.261 e. The zero-order valence-electron chi connectivity index (χ0n) is 14.3. The topological polar surface area (TPSA) is 42.9 Å². The summed E-state index contributed by atoms with van der Waals surface area (Å²) in [4.78, 5) is 9.90. The first-order chi connectivity index (χ1) is 11.5. The summed E-state index contributed by atoms with van der Waals surface area (Å²) >= 11 is 0. The molecule has 0 fully saturated rings. The molecule has 4 heteroatoms. The molecule has 2 aromatic heterocycles. The minimum atomic E-state index is -0.979. The molecule has 0 spiro atoms. The maximum Gasteiger partial charge on any atom is 0.0795 e. The smallest absolute Gasteiger partial charge is 0.0795 e. The van der Waals surface area contributed by atoms with E-state index in [1.807, 2.05) is 57.4 Å². The Kier molecular flexibility index (Phi) is 4.58. The van der Waals surface area contributed by atoms with Gasteiger partial charge >= 0.3 is 0 Å². The van der Waals surface area contributed by atoms with Crippen LogP contribution in [0.2, 0.25) is 0 Å². The molecule has 0 aliphatic carbocycles. The van der Waals surface area contributed by atoms with Gasteiger partial charge in [-0.25, -0.2) is 0 Å². The van der Waals surface area contributed by atoms with Gasteiger partial charge in [-0.15, -0.1) is 0 Å². The highest BCUT2D eigenvalue weighted by Crippen LogP contribution is 2.32. The summed E-state index contributed by atoms with van der Waals surface area (Å²) in [5.41, 5.74) is 7.18. The van der Waals surface area contributed by atoms with E-state index in [1.54, 1.807) is 6.26 Å². The summed E-state index contributed by atoms with van der Waals surface area (Å²) in [5, 5.41) is 0. The van der Waals surface area contributed by atoms with Crippen LogP contribution in [0.15, 0.2) is 53.7 Å². The lowest BCUT2D eigenvalue weighted by molar-refractivity contribution is 0.686. The monoisotopic (exact) mass is 336 g/mol. The van der Waals surface area contributed by atoms with Crippen molar-refractivity contribution in [3.8, 4) is 22.4 Å². The average Bonchev–Trinajstić information content (AvgIpc) is 2.55. The van der Waals surface area contributed by atoms with Crippen molar-refractivity contribution in [1.82, 2.24) is 9.97 Å². The Morgan fingerprint density at radius 2 is 1.62 bits per heavy atom. The Labute approximate surface area is 145 Å². The van der Waals surface area contributed by atoms with Gasteiger partial charge in [0.15, 0.2) is 0 Å². The second-order valence-corrected chi connectivity index (χ2v) is 7.38. The Morgan fingerprint density at radius 3 is 2.25 bits per heavy atom. The highest BCUT2D eigenvalue weighted by Gasteiger charge is 2.12. The molecule has 0 bridgehead atoms. The number of aromatic nitrogens is 2. The normalized spacial score (nSPS) is 12.2. The van der Waals surface area contributed by atoms with Gasteiger partial charge in [-0.1, -0.05) is 12.1 Å². The van der Waals surface area contributed by atoms with Crippen molar-refractivity contribution >= 4 is 10.8 Å². The van der Waals surface area contributed by atoms with Gasteiger partial charge in [0, 0.05) is 40.4 Å². The third kappa shape index (κ3) is 3.29. The number of hydrogen-bond donors (Lipinski definition) is 0. The van der Waals surface area contributed by atoms with Crippen molar-refractivity contribution in [3.05, 3.63) is 65.6 Å². The molecule has 1 unspecified atom stereocenters. The van der Waals surface area contributed by atoms with E-state index >= 15 is 0 Å². The quantitative estimate of drug-likeness (QED) is 0.708. The Balaban J connectivity index is 2.17. The predicted octanol–water partition coefficient (Wildman–Crippen LogP) is 4.47. The largest absolute Gasteiger partial charge is 0.261 e. The van der Waals surface area contributed by atoms with Crippen molar-refractivity contribution < 1.29 is 4.21 Å². The summed E-state index contributed by atoms with van der Waals surface area (Å²) in [6, 6.07) is 12.2. The van der Waals surface area contributed by atoms with Crippen LogP contribution in [0, 0.1) is 20.8 Å². The van der Waals surface area contributed by atoms with Gasteiger partial charge in [0.05, 0.1) is 16.5 Å². The van der Waals surface area contributed by atoms with Crippen molar-refractivity contribution in [2.45, 2.75) is 25.7 Å². The average molecular weight is 336 g/mol. The third-order valence-electron chi connectivity index (χ3n) is 4.00. The van der Waals surface area contributed by atoms with E-state index in [2.05, 4.69) is 22.1 Å². The van der Waals surface area contributed by atoms with E-state index in [1.165, 1.54) is 0 Å². The summed E-state index contributed by atoms with van der Waals surface area (Å²) in [5.74, 6) is 0. The lowest BCUT2D eigenvalue weighted by Crippen LogP contribution is -1.95. The van der Waals surface area contributed by atoms with E-state index in [0.29, 0.717) is 0 Å². The van der Waals surface area contributed by atoms with Crippen LogP contribution in [0.25, 0.3) is 22.4 Å². The molecule has 2 heterocycles. The molecule has 3 rings (SSSR count). The summed E-state index contributed by atoms with van der Waals surface area (Å²) < 4.78 is 11.8. The fourth-order valence-corrected chi connectivity index (χ4v) is 3.54. The molecule has 122 valence electrons. The highest BCUT2D eigenvalue weighted by atomic mass is 32.2. The van der Waals surface area contributed by atoms with Crippen LogP contribution in [-0.2, 0) is 10.8 Å². The molecule has 0 saturated heterocycles. The highest BCUT2D eigenvalue weighted by molar-refractivity contribution is 7.84. The Hall–Kier alpha value is -2.33. The zero-order valence-corrected chi connectivity index (χ0v) is 15.1. The van der Waals surface area contributed by atoms with Crippen molar-refractivity contribution in [2.75, 3.05) is 6.26 Å². The Morgan fingerprint density at radius 1 is 0.875 bits per heavy atom. The second kappa shape index (κ2) is 6.65. The minimum absolute atomic E-state index is 0.873. The number of aryl methyl sites for hydroxylation is 3. The first kappa shape index (κ1) is 16.5. The molecule has 24 heavy (non-hydrogen) atoms. The van der Waals surface area contributed by atoms with Crippen LogP contribution in [0.1, 0.15) is 16.8 Å². The molecule has 1 atom stereocenters. The lowest BCUT2D eigenvalue weighted by Gasteiger charge is -2.12. The van der Waals surface area contributed by atoms with Crippen LogP contribution in [0.3, 0.4) is 0 Å². The van der Waals surface area contributed by atoms with E-state index in [9.17, 15) is 4.21 Å². The van der Waals surface area contributed by atoms with Crippen molar-refractivity contribution in [1.29, 1.82) is 0 Å². The van der Waals surface area contributed by atoms with E-state index in [-0.39, 0.29) is 0 Å². The van der Waals surface area contributed by atoms with Gasteiger partial charge in [-0.3, -0.25) is 14.2 Å². The van der Waals surface area contributed by atoms with Crippen LogP contribution < -0.4 is 0 Å². The third-order valence-corrected chi connectivity index (χ3v) is 5.08. The molecular weight excluding hydrogens is 316 g/mol. The summed E-state index contributed by atoms with van der Waals surface area (Å²) in [6.07, 6.45) is 5.44. The number of nitrogens with zero attached hydrogens (tertiary/aromatic N) is 2. The van der Waals surface area contributed by atoms with E-state index in [0.717, 1.165) is 44.1 Å². The first-order valence-corrected chi connectivity index (χ1v) is 9.35. The number of rotatable bonds is 3. The molecule has 0 aliphatic rings. The zero-order chi connectivity index (χ0) is 17.3. The van der Waals surface area contributed by atoms with E-state index in [4.69, 9.17) is 0 Å². The van der Waals surface area contributed by atoms with Crippen LogP contribution >= 0.6 is 0 Å². The van der Waals surface area contributed by atoms with Crippen LogP contribution in [0.4, 0.5) is 0 Å². The summed E-state index contributed by atoms with van der Waals surface area (Å²) in [7, 11) is -0.979. The van der Waals surface area contributed by atoms with Gasteiger partial charge in [0.1, 0.15) is 0 Å². The molecule has 0 aliphatic heterocycles. The van der Waals surface area contributed by atoms with Gasteiger partial charge in [0.2, 0.25) is 0 Å². The molecule has 0 amide bonds. The maximum absolute atomic E-state index is 11.8. The number of hydrogen-bond acceptors (Lipinski definition) is 3. The van der Waals surface area contributed by atoms with Crippen molar-refractivity contribution in [2.24, 2.45) is 0 Å². The van der Waals surface area contributed by atoms with Gasteiger partial charge in [-0.2, -0.15) is 0 Å². The molecule has 0 radical (unpaired) electrons. The summed E-state index contributed by atoms with van der Waals surface area (Å²) in [6.45, 7) is 6.01. The fourth-order valence-electron chi connectivity index (χ4n) is 2.77. The molecule has 1 aromatic carbocycles. The van der Waals surface area contributed by atoms with Crippen molar-refractivity contribution in [3.63, 3.8) is 0 Å². The SMILES string of the molecule is Cc1cnc(-c2ccc(C)nc2)c(-c2ccc(S(C)=O)c(C)c2)c1. The predicted molar refractivity (Wildman–Crippen MR) is 99.4 cm³/mol. The van der Waals surface area contributed by atoms with Crippen LogP contribution in [0.5, 0.6) is 0 Å². The van der Waals surface area contributed by atoms with Crippen LogP contribution in [-0.4, -0.2) is 20.4 Å². The maximum atomic E-state index is 11.8. The van der Waals surface area contributed by atoms with Gasteiger partial charge < -0.3 is 0 Å². The second-order valence-electron chi connectivity index (χ2n) is 6.03. The number of pyridine rings is 2. The fraction of sp³-hybridized carbons (Fsp3) is 0.200. The lowest BCUT2D eigenvalue weighted by atomic mass is 9.97. The number of benzene rings is 1.